The summed E-state index contributed by atoms with van der Waals surface area (Å²) in [6.45, 7) is 11.7. The molecule has 0 aromatic carbocycles. The highest BCUT2D eigenvalue weighted by Crippen LogP contribution is 2.25. The molecule has 0 rings (SSSR count). The van der Waals surface area contributed by atoms with Gasteiger partial charge in [0.2, 0.25) is 0 Å². The van der Waals surface area contributed by atoms with Gasteiger partial charge in [-0.3, -0.25) is 0 Å². The smallest absolute Gasteiger partial charge is 0.124 e. The van der Waals surface area contributed by atoms with Gasteiger partial charge in [-0.15, -0.1) is 0 Å². The third-order valence-corrected chi connectivity index (χ3v) is 2.46. The molecule has 1 unspecified atom stereocenters. The molecule has 0 fully saturated rings. The van der Waals surface area contributed by atoms with E-state index in [0.717, 1.165) is 19.3 Å². The minimum atomic E-state index is -1.00. The summed E-state index contributed by atoms with van der Waals surface area (Å²) in [5.74, 6) is 0. The zero-order valence-corrected chi connectivity index (χ0v) is 10.5. The molecule has 0 saturated carbocycles. The van der Waals surface area contributed by atoms with Crippen LogP contribution in [-0.2, 0) is 9.84 Å². The summed E-state index contributed by atoms with van der Waals surface area (Å²) in [5, 5.41) is 11.8. The summed E-state index contributed by atoms with van der Waals surface area (Å²) >= 11 is 0. The molecule has 0 aliphatic heterocycles. The van der Waals surface area contributed by atoms with Gasteiger partial charge < -0.3 is 4.74 Å². The summed E-state index contributed by atoms with van der Waals surface area (Å²) in [4.78, 5) is 0. The lowest BCUT2D eigenvalue weighted by Crippen LogP contribution is -2.42. The maximum Gasteiger partial charge on any atom is 0.124 e. The molecule has 85 valence electrons. The Balaban J connectivity index is 4.31. The second kappa shape index (κ2) is 5.13. The molecule has 2 nitrogen and oxygen atoms in total. The molecule has 0 bridgehead atoms. The van der Waals surface area contributed by atoms with E-state index in [1.165, 1.54) is 0 Å². The van der Waals surface area contributed by atoms with Crippen LogP contribution >= 0.6 is 0 Å². The van der Waals surface area contributed by atoms with Crippen molar-refractivity contribution in [2.24, 2.45) is 0 Å². The Morgan fingerprint density at radius 3 is 1.93 bits per heavy atom. The van der Waals surface area contributed by atoms with Gasteiger partial charge in [0.25, 0.3) is 0 Å². The normalized spacial score (nSPS) is 15.6. The van der Waals surface area contributed by atoms with Crippen LogP contribution in [0.25, 0.3) is 0 Å². The van der Waals surface area contributed by atoms with Crippen LogP contribution in [0.15, 0.2) is 0 Å². The van der Waals surface area contributed by atoms with Crippen molar-refractivity contribution in [3.63, 3.8) is 0 Å². The predicted octanol–water partition coefficient (Wildman–Crippen LogP) is 3.57. The fourth-order valence-corrected chi connectivity index (χ4v) is 1.76. The SMILES string of the molecule is CCCC(C)(C)OC(CC)C(C)(C)[O]. The first-order chi connectivity index (χ1) is 6.23. The third-order valence-electron chi connectivity index (χ3n) is 2.46. The molecule has 1 radical (unpaired) electrons. The van der Waals surface area contributed by atoms with Gasteiger partial charge in [-0.2, -0.15) is 0 Å². The first kappa shape index (κ1) is 13.9. The Morgan fingerprint density at radius 1 is 1.14 bits per heavy atom. The van der Waals surface area contributed by atoms with E-state index in [4.69, 9.17) is 4.74 Å². The number of rotatable bonds is 6. The number of ether oxygens (including phenoxy) is 1. The van der Waals surface area contributed by atoms with Crippen LogP contribution in [0.3, 0.4) is 0 Å². The third kappa shape index (κ3) is 4.97. The maximum atomic E-state index is 11.8. The van der Waals surface area contributed by atoms with Crippen molar-refractivity contribution in [1.29, 1.82) is 0 Å². The van der Waals surface area contributed by atoms with Gasteiger partial charge in [0.15, 0.2) is 0 Å². The molecule has 1 atom stereocenters. The van der Waals surface area contributed by atoms with Gasteiger partial charge >= 0.3 is 0 Å². The van der Waals surface area contributed by atoms with E-state index >= 15 is 0 Å². The lowest BCUT2D eigenvalue weighted by molar-refractivity contribution is -0.175. The van der Waals surface area contributed by atoms with Crippen LogP contribution in [0.5, 0.6) is 0 Å². The van der Waals surface area contributed by atoms with E-state index in [1.54, 1.807) is 13.8 Å². The van der Waals surface area contributed by atoms with Gasteiger partial charge in [-0.25, -0.2) is 5.11 Å². The van der Waals surface area contributed by atoms with Gasteiger partial charge in [0.1, 0.15) is 5.60 Å². The van der Waals surface area contributed by atoms with Crippen molar-refractivity contribution in [2.75, 3.05) is 0 Å². The van der Waals surface area contributed by atoms with E-state index in [2.05, 4.69) is 20.8 Å². The minimum Gasteiger partial charge on any atom is -0.369 e. The molecule has 0 saturated heterocycles. The molecule has 0 spiro atoms. The molecule has 0 aromatic rings. The standard InChI is InChI=1S/C12H25O2/c1-7-9-11(3,4)14-10(8-2)12(5,6)13/h10H,7-9H2,1-6H3. The van der Waals surface area contributed by atoms with Crippen LogP contribution in [0.4, 0.5) is 0 Å². The molecule has 14 heavy (non-hydrogen) atoms. The van der Waals surface area contributed by atoms with Crippen LogP contribution < -0.4 is 0 Å². The zero-order chi connectivity index (χ0) is 11.4. The second-order valence-electron chi connectivity index (χ2n) is 5.13. The van der Waals surface area contributed by atoms with E-state index < -0.39 is 5.60 Å². The highest BCUT2D eigenvalue weighted by Gasteiger charge is 2.33. The van der Waals surface area contributed by atoms with Crippen LogP contribution in [0.2, 0.25) is 0 Å². The molecular formula is C12H25O2. The van der Waals surface area contributed by atoms with Crippen LogP contribution in [0, 0.1) is 0 Å². The van der Waals surface area contributed by atoms with E-state index in [9.17, 15) is 5.11 Å². The topological polar surface area (TPSA) is 29.1 Å². The highest BCUT2D eigenvalue weighted by atomic mass is 16.5. The Labute approximate surface area is 88.7 Å². The Hall–Kier alpha value is -0.0800. The summed E-state index contributed by atoms with van der Waals surface area (Å²) in [6.07, 6.45) is 2.68. The molecule has 0 N–H and O–H groups in total. The number of hydrogen-bond acceptors (Lipinski definition) is 1. The first-order valence-corrected chi connectivity index (χ1v) is 5.61. The molecule has 0 amide bonds. The zero-order valence-electron chi connectivity index (χ0n) is 10.5. The summed E-state index contributed by atoms with van der Waals surface area (Å²) in [7, 11) is 0. The van der Waals surface area contributed by atoms with Gasteiger partial charge in [0, 0.05) is 0 Å². The van der Waals surface area contributed by atoms with Crippen molar-refractivity contribution < 1.29 is 9.84 Å². The van der Waals surface area contributed by atoms with Gasteiger partial charge in [-0.05, 0) is 40.5 Å². The fraction of sp³-hybridized carbons (Fsp3) is 1.00. The Kier molecular flexibility index (Phi) is 5.10. The van der Waals surface area contributed by atoms with Crippen LogP contribution in [-0.4, -0.2) is 17.3 Å². The monoisotopic (exact) mass is 201 g/mol. The van der Waals surface area contributed by atoms with E-state index in [-0.39, 0.29) is 11.7 Å². The second-order valence-corrected chi connectivity index (χ2v) is 5.13. The van der Waals surface area contributed by atoms with Crippen LogP contribution in [0.1, 0.15) is 60.8 Å². The van der Waals surface area contributed by atoms with Gasteiger partial charge in [-0.1, -0.05) is 20.3 Å². The van der Waals surface area contributed by atoms with Crippen molar-refractivity contribution in [3.05, 3.63) is 0 Å². The highest BCUT2D eigenvalue weighted by molar-refractivity contribution is 4.80. The predicted molar refractivity (Wildman–Crippen MR) is 58.9 cm³/mol. The average molecular weight is 201 g/mol. The van der Waals surface area contributed by atoms with Crippen molar-refractivity contribution in [1.82, 2.24) is 0 Å². The molecule has 0 aliphatic carbocycles. The lowest BCUT2D eigenvalue weighted by Gasteiger charge is -2.35. The summed E-state index contributed by atoms with van der Waals surface area (Å²) in [5.41, 5.74) is -1.17. The molecule has 0 aromatic heterocycles. The van der Waals surface area contributed by atoms with E-state index in [0.29, 0.717) is 0 Å². The maximum absolute atomic E-state index is 11.8. The first-order valence-electron chi connectivity index (χ1n) is 5.61. The molecule has 2 heteroatoms. The number of hydrogen-bond donors (Lipinski definition) is 0. The lowest BCUT2D eigenvalue weighted by atomic mass is 9.96. The molecule has 0 heterocycles. The van der Waals surface area contributed by atoms with Gasteiger partial charge in [0.05, 0.1) is 11.7 Å². The Bertz CT molecular complexity index is 156. The summed E-state index contributed by atoms with van der Waals surface area (Å²) in [6, 6.07) is 0. The molecular weight excluding hydrogens is 176 g/mol. The van der Waals surface area contributed by atoms with E-state index in [1.807, 2.05) is 6.92 Å². The van der Waals surface area contributed by atoms with Crippen molar-refractivity contribution in [3.8, 4) is 0 Å². The largest absolute Gasteiger partial charge is 0.369 e. The summed E-state index contributed by atoms with van der Waals surface area (Å²) < 4.78 is 5.88. The Morgan fingerprint density at radius 2 is 1.64 bits per heavy atom. The minimum absolute atomic E-state index is 0.170. The van der Waals surface area contributed by atoms with Crippen molar-refractivity contribution in [2.45, 2.75) is 78.1 Å². The average Bonchev–Trinajstić information content (AvgIpc) is 1.98. The fourth-order valence-electron chi connectivity index (χ4n) is 1.76. The quantitative estimate of drug-likeness (QED) is 0.646. The van der Waals surface area contributed by atoms with Crippen molar-refractivity contribution >= 4 is 0 Å². The molecule has 0 aliphatic rings.